The van der Waals surface area contributed by atoms with Gasteiger partial charge in [-0.05, 0) is 56.8 Å². The smallest absolute Gasteiger partial charge is 0.240 e. The monoisotopic (exact) mass is 438 g/mol. The van der Waals surface area contributed by atoms with E-state index in [4.69, 9.17) is 9.47 Å². The van der Waals surface area contributed by atoms with Crippen LogP contribution in [0.5, 0.6) is 0 Å². The first-order valence-corrected chi connectivity index (χ1v) is 12.2. The second-order valence-electron chi connectivity index (χ2n) is 7.76. The van der Waals surface area contributed by atoms with Crippen LogP contribution in [0.1, 0.15) is 37.7 Å². The van der Waals surface area contributed by atoms with Gasteiger partial charge in [0.05, 0.1) is 23.7 Å². The number of nitrogens with zero attached hydrogens (tertiary/aromatic N) is 2. The fourth-order valence-electron chi connectivity index (χ4n) is 3.83. The maximum absolute atomic E-state index is 11.8. The van der Waals surface area contributed by atoms with Crippen LogP contribution in [-0.4, -0.2) is 71.9 Å². The summed E-state index contributed by atoms with van der Waals surface area (Å²) in [6.45, 7) is 3.95. The number of nitrogens with one attached hydrogen (secondary N) is 2. The van der Waals surface area contributed by atoms with Gasteiger partial charge in [0.15, 0.2) is 5.96 Å². The summed E-state index contributed by atoms with van der Waals surface area (Å²) in [5.41, 5.74) is 0.997. The lowest BCUT2D eigenvalue weighted by molar-refractivity contribution is -0.0721. The van der Waals surface area contributed by atoms with E-state index in [1.807, 2.05) is 12.1 Å². The van der Waals surface area contributed by atoms with E-state index < -0.39 is 10.0 Å². The number of likely N-dealkylation sites (tertiary alicyclic amines) is 1. The Morgan fingerprint density at radius 3 is 2.53 bits per heavy atom. The molecule has 0 aromatic heterocycles. The topological polar surface area (TPSA) is 92.3 Å². The molecule has 2 heterocycles. The van der Waals surface area contributed by atoms with Crippen LogP contribution in [0.25, 0.3) is 0 Å². The molecule has 2 aliphatic rings. The van der Waals surface area contributed by atoms with Gasteiger partial charge in [0.25, 0.3) is 0 Å². The van der Waals surface area contributed by atoms with Crippen molar-refractivity contribution in [2.45, 2.75) is 55.8 Å². The molecule has 0 saturated carbocycles. The maximum atomic E-state index is 11.8. The number of rotatable bonds is 7. The number of piperidine rings is 1. The van der Waals surface area contributed by atoms with Crippen molar-refractivity contribution in [3.8, 4) is 0 Å². The molecule has 0 amide bonds. The van der Waals surface area contributed by atoms with Gasteiger partial charge < -0.3 is 19.7 Å². The molecule has 1 atom stereocenters. The summed E-state index contributed by atoms with van der Waals surface area (Å²) < 4.78 is 37.8. The van der Waals surface area contributed by atoms with Crippen LogP contribution in [0.3, 0.4) is 0 Å². The summed E-state index contributed by atoms with van der Waals surface area (Å²) in [6, 6.07) is 6.87. The zero-order chi connectivity index (χ0) is 21.4. The average molecular weight is 439 g/mol. The molecule has 9 heteroatoms. The number of guanidine groups is 1. The Morgan fingerprint density at radius 1 is 1.20 bits per heavy atom. The van der Waals surface area contributed by atoms with Crippen molar-refractivity contribution in [1.82, 2.24) is 14.9 Å². The van der Waals surface area contributed by atoms with Crippen LogP contribution in [0, 0.1) is 0 Å². The Morgan fingerprint density at radius 2 is 1.93 bits per heavy atom. The van der Waals surface area contributed by atoms with E-state index in [0.29, 0.717) is 13.2 Å². The third-order valence-electron chi connectivity index (χ3n) is 5.70. The SMILES string of the molecule is CN=C(NCc1ccc(S(=O)(=O)NC)cc1)N1CCC(OCC2CCCCO2)CC1. The van der Waals surface area contributed by atoms with Crippen LogP contribution in [0.15, 0.2) is 34.2 Å². The quantitative estimate of drug-likeness (QED) is 0.498. The minimum atomic E-state index is -3.41. The summed E-state index contributed by atoms with van der Waals surface area (Å²) in [6.07, 6.45) is 6.01. The minimum absolute atomic E-state index is 0.263. The van der Waals surface area contributed by atoms with Gasteiger partial charge in [-0.3, -0.25) is 4.99 Å². The number of aliphatic imine (C=N–C) groups is 1. The second-order valence-corrected chi connectivity index (χ2v) is 9.65. The van der Waals surface area contributed by atoms with Crippen LogP contribution in [0.2, 0.25) is 0 Å². The summed E-state index contributed by atoms with van der Waals surface area (Å²) in [5.74, 6) is 0.857. The molecule has 3 rings (SSSR count). The molecule has 0 spiro atoms. The largest absolute Gasteiger partial charge is 0.376 e. The molecule has 1 unspecified atom stereocenters. The molecule has 168 valence electrons. The zero-order valence-electron chi connectivity index (χ0n) is 18.0. The number of hydrogen-bond donors (Lipinski definition) is 2. The minimum Gasteiger partial charge on any atom is -0.376 e. The van der Waals surface area contributed by atoms with E-state index in [-0.39, 0.29) is 17.1 Å². The highest BCUT2D eigenvalue weighted by Gasteiger charge is 2.23. The number of sulfonamides is 1. The van der Waals surface area contributed by atoms with Gasteiger partial charge in [0.1, 0.15) is 0 Å². The van der Waals surface area contributed by atoms with Gasteiger partial charge in [-0.1, -0.05) is 12.1 Å². The molecule has 2 fully saturated rings. The molecule has 0 bridgehead atoms. The fraction of sp³-hybridized carbons (Fsp3) is 0.667. The lowest BCUT2D eigenvalue weighted by atomic mass is 10.1. The van der Waals surface area contributed by atoms with E-state index in [9.17, 15) is 8.42 Å². The third kappa shape index (κ3) is 6.41. The van der Waals surface area contributed by atoms with Crippen molar-refractivity contribution >= 4 is 16.0 Å². The Bertz CT molecular complexity index is 784. The zero-order valence-corrected chi connectivity index (χ0v) is 18.8. The molecular formula is C21H34N4O4S. The van der Waals surface area contributed by atoms with Gasteiger partial charge >= 0.3 is 0 Å². The van der Waals surface area contributed by atoms with Crippen molar-refractivity contribution < 1.29 is 17.9 Å². The first-order chi connectivity index (χ1) is 14.5. The van der Waals surface area contributed by atoms with Gasteiger partial charge in [-0.2, -0.15) is 0 Å². The van der Waals surface area contributed by atoms with E-state index >= 15 is 0 Å². The maximum Gasteiger partial charge on any atom is 0.240 e. The standard InChI is InChI=1S/C21H34N4O4S/c1-22-21(24-15-17-6-8-20(9-7-17)30(26,27)23-2)25-12-10-18(11-13-25)29-16-19-5-3-4-14-28-19/h6-9,18-19,23H,3-5,10-16H2,1-2H3,(H,22,24). The molecule has 0 aliphatic carbocycles. The van der Waals surface area contributed by atoms with E-state index in [1.54, 1.807) is 19.2 Å². The van der Waals surface area contributed by atoms with Crippen LogP contribution in [0.4, 0.5) is 0 Å². The fourth-order valence-corrected chi connectivity index (χ4v) is 4.56. The highest BCUT2D eigenvalue weighted by atomic mass is 32.2. The van der Waals surface area contributed by atoms with Gasteiger partial charge in [-0.15, -0.1) is 0 Å². The Kier molecular flexibility index (Phi) is 8.50. The first-order valence-electron chi connectivity index (χ1n) is 10.7. The average Bonchev–Trinajstić information content (AvgIpc) is 2.80. The van der Waals surface area contributed by atoms with E-state index in [0.717, 1.165) is 50.5 Å². The third-order valence-corrected chi connectivity index (χ3v) is 7.13. The Balaban J connectivity index is 1.42. The van der Waals surface area contributed by atoms with Crippen molar-refractivity contribution in [3.63, 3.8) is 0 Å². The predicted molar refractivity (Wildman–Crippen MR) is 117 cm³/mol. The molecule has 2 N–H and O–H groups in total. The second kappa shape index (κ2) is 11.1. The van der Waals surface area contributed by atoms with Crippen molar-refractivity contribution in [2.24, 2.45) is 4.99 Å². The molecule has 2 aliphatic heterocycles. The number of benzene rings is 1. The first kappa shape index (κ1) is 23.0. The lowest BCUT2D eigenvalue weighted by Crippen LogP contribution is -2.47. The van der Waals surface area contributed by atoms with Gasteiger partial charge in [-0.25, -0.2) is 13.1 Å². The van der Waals surface area contributed by atoms with Gasteiger partial charge in [0, 0.05) is 33.3 Å². The highest BCUT2D eigenvalue weighted by molar-refractivity contribution is 7.89. The molecule has 1 aromatic carbocycles. The van der Waals surface area contributed by atoms with Crippen molar-refractivity contribution in [3.05, 3.63) is 29.8 Å². The molecular weight excluding hydrogens is 404 g/mol. The van der Waals surface area contributed by atoms with Crippen molar-refractivity contribution in [1.29, 1.82) is 0 Å². The lowest BCUT2D eigenvalue weighted by Gasteiger charge is -2.35. The van der Waals surface area contributed by atoms with Crippen molar-refractivity contribution in [2.75, 3.05) is 40.4 Å². The number of hydrogen-bond acceptors (Lipinski definition) is 5. The Hall–Kier alpha value is -1.68. The molecule has 0 radical (unpaired) electrons. The Labute approximate surface area is 180 Å². The van der Waals surface area contributed by atoms with Crippen LogP contribution >= 0.6 is 0 Å². The van der Waals surface area contributed by atoms with E-state index in [2.05, 4.69) is 19.9 Å². The molecule has 1 aromatic rings. The molecule has 8 nitrogen and oxygen atoms in total. The predicted octanol–water partition coefficient (Wildman–Crippen LogP) is 1.72. The summed E-state index contributed by atoms with van der Waals surface area (Å²) in [5, 5.41) is 3.38. The van der Waals surface area contributed by atoms with Crippen LogP contribution in [-0.2, 0) is 26.0 Å². The molecule has 30 heavy (non-hydrogen) atoms. The summed E-state index contributed by atoms with van der Waals surface area (Å²) in [4.78, 5) is 6.92. The summed E-state index contributed by atoms with van der Waals surface area (Å²) in [7, 11) is -0.212. The highest BCUT2D eigenvalue weighted by Crippen LogP contribution is 2.18. The molecule has 2 saturated heterocycles. The van der Waals surface area contributed by atoms with E-state index in [1.165, 1.54) is 19.9 Å². The number of ether oxygens (including phenoxy) is 2. The summed E-state index contributed by atoms with van der Waals surface area (Å²) >= 11 is 0. The van der Waals surface area contributed by atoms with Crippen LogP contribution < -0.4 is 10.0 Å². The normalized spacial score (nSPS) is 21.6. The van der Waals surface area contributed by atoms with Gasteiger partial charge in [0.2, 0.25) is 10.0 Å².